The van der Waals surface area contributed by atoms with Crippen LogP contribution in [0.1, 0.15) is 55.4 Å². The summed E-state index contributed by atoms with van der Waals surface area (Å²) in [7, 11) is 2.22. The van der Waals surface area contributed by atoms with Crippen molar-refractivity contribution in [2.24, 2.45) is 5.92 Å². The van der Waals surface area contributed by atoms with Crippen LogP contribution in [-0.2, 0) is 12.8 Å². The van der Waals surface area contributed by atoms with Crippen LogP contribution in [0.2, 0.25) is 0 Å². The van der Waals surface area contributed by atoms with Gasteiger partial charge < -0.3 is 14.7 Å². The molecule has 0 fully saturated rings. The Morgan fingerprint density at radius 2 is 1.57 bits per heavy atom. The summed E-state index contributed by atoms with van der Waals surface area (Å²) in [4.78, 5) is 7.46. The molecule has 42 heavy (non-hydrogen) atoms. The van der Waals surface area contributed by atoms with Crippen molar-refractivity contribution in [3.05, 3.63) is 151 Å². The topological polar surface area (TPSA) is 9.72 Å². The summed E-state index contributed by atoms with van der Waals surface area (Å²) in [5.41, 5.74) is 9.07. The maximum Gasteiger partial charge on any atom is 0.114 e. The molecule has 0 saturated heterocycles. The molecule has 0 N–H and O–H groups in total. The smallest absolute Gasteiger partial charge is 0.114 e. The lowest BCUT2D eigenvalue weighted by Gasteiger charge is -2.51. The lowest BCUT2D eigenvalue weighted by atomic mass is 9.75. The highest BCUT2D eigenvalue weighted by atomic mass is 15.4. The third-order valence-electron chi connectivity index (χ3n) is 9.64. The number of hydrogen-bond donors (Lipinski definition) is 0. The van der Waals surface area contributed by atoms with Gasteiger partial charge in [-0.05, 0) is 79.0 Å². The molecule has 0 saturated carbocycles. The first-order valence-corrected chi connectivity index (χ1v) is 15.3. The van der Waals surface area contributed by atoms with Gasteiger partial charge in [0.15, 0.2) is 0 Å². The first-order valence-electron chi connectivity index (χ1n) is 15.3. The van der Waals surface area contributed by atoms with Crippen molar-refractivity contribution in [2.45, 2.75) is 57.7 Å². The van der Waals surface area contributed by atoms with Gasteiger partial charge in [0.1, 0.15) is 5.66 Å². The Bertz CT molecular complexity index is 1580. The second-order valence-corrected chi connectivity index (χ2v) is 12.2. The molecule has 3 aliphatic rings. The van der Waals surface area contributed by atoms with Gasteiger partial charge in [0.25, 0.3) is 0 Å². The Morgan fingerprint density at radius 1 is 0.881 bits per heavy atom. The number of fused-ring (bicyclic) bond motifs is 3. The van der Waals surface area contributed by atoms with Crippen molar-refractivity contribution in [3.8, 4) is 0 Å². The quantitative estimate of drug-likeness (QED) is 0.258. The zero-order valence-electron chi connectivity index (χ0n) is 25.4. The summed E-state index contributed by atoms with van der Waals surface area (Å²) < 4.78 is 0. The number of benzene rings is 3. The first kappa shape index (κ1) is 27.9. The van der Waals surface area contributed by atoms with Crippen LogP contribution in [0.3, 0.4) is 0 Å². The van der Waals surface area contributed by atoms with Gasteiger partial charge in [0, 0.05) is 49.0 Å². The van der Waals surface area contributed by atoms with Crippen LogP contribution in [0, 0.1) is 5.92 Å². The van der Waals surface area contributed by atoms with Gasteiger partial charge in [-0.2, -0.15) is 0 Å². The van der Waals surface area contributed by atoms with E-state index in [1.54, 1.807) is 0 Å². The normalized spacial score (nSPS) is 24.7. The summed E-state index contributed by atoms with van der Waals surface area (Å²) >= 11 is 0. The average molecular weight is 554 g/mol. The molecule has 0 aliphatic carbocycles. The molecule has 0 radical (unpaired) electrons. The molecule has 3 heterocycles. The highest BCUT2D eigenvalue weighted by molar-refractivity contribution is 5.74. The fraction of sp³-hybridized carbons (Fsp3) is 0.282. The molecule has 0 amide bonds. The van der Waals surface area contributed by atoms with Crippen molar-refractivity contribution >= 4 is 16.9 Å². The van der Waals surface area contributed by atoms with Gasteiger partial charge in [0.05, 0.1) is 0 Å². The van der Waals surface area contributed by atoms with E-state index < -0.39 is 0 Å². The van der Waals surface area contributed by atoms with E-state index in [1.807, 2.05) is 13.0 Å². The fourth-order valence-electron chi connectivity index (χ4n) is 7.26. The highest BCUT2D eigenvalue weighted by Gasteiger charge is 2.49. The van der Waals surface area contributed by atoms with Crippen LogP contribution in [0.25, 0.3) is 5.57 Å². The monoisotopic (exact) mass is 553 g/mol. The minimum atomic E-state index is -0.0695. The third-order valence-corrected chi connectivity index (χ3v) is 9.64. The van der Waals surface area contributed by atoms with Crippen LogP contribution in [0.5, 0.6) is 0 Å². The maximum atomic E-state index is 4.37. The van der Waals surface area contributed by atoms with Crippen molar-refractivity contribution in [2.75, 3.05) is 16.8 Å². The summed E-state index contributed by atoms with van der Waals surface area (Å²) in [5, 5.41) is 0. The van der Waals surface area contributed by atoms with Crippen LogP contribution in [0.15, 0.2) is 128 Å². The third kappa shape index (κ3) is 4.91. The Morgan fingerprint density at radius 3 is 2.38 bits per heavy atom. The van der Waals surface area contributed by atoms with E-state index in [0.717, 1.165) is 24.8 Å². The molecule has 0 aromatic heterocycles. The Kier molecular flexibility index (Phi) is 7.68. The zero-order chi connectivity index (χ0) is 29.3. The number of rotatable bonds is 8. The number of anilines is 2. The SMILES string of the molecule is C=C(/C=C\C=C/C)c1ccccc1CCc1ccccc1N1C=CC(C)C1C1C[C@@]2(C)N(C)C=CN2c2ccccc21. The second-order valence-electron chi connectivity index (χ2n) is 12.2. The van der Waals surface area contributed by atoms with Crippen molar-refractivity contribution in [1.82, 2.24) is 4.90 Å². The van der Waals surface area contributed by atoms with Crippen LogP contribution in [-0.4, -0.2) is 23.7 Å². The fourth-order valence-corrected chi connectivity index (χ4v) is 7.26. The molecule has 214 valence electrons. The van der Waals surface area contributed by atoms with Crippen LogP contribution < -0.4 is 9.80 Å². The van der Waals surface area contributed by atoms with Gasteiger partial charge in [-0.1, -0.05) is 105 Å². The van der Waals surface area contributed by atoms with Gasteiger partial charge in [0.2, 0.25) is 0 Å². The predicted octanol–water partition coefficient (Wildman–Crippen LogP) is 9.08. The standard InChI is InChI=1S/C39H43N3/c1-6-7-8-15-29(2)33-18-11-9-16-31(33)22-23-32-17-10-13-20-36(32)41-25-24-30(3)38(41)35-28-39(4)40(5)26-27-42(39)37-21-14-12-19-34(35)37/h6-21,24-27,30,35,38H,2,22-23,28H2,1,3-5H3/b7-6-,15-8-/t30?,35?,38?,39-/m0/s1. The number of hydrogen-bond acceptors (Lipinski definition) is 3. The number of aryl methyl sites for hydroxylation is 2. The molecule has 6 rings (SSSR count). The summed E-state index contributed by atoms with van der Waals surface area (Å²) in [6.07, 6.45) is 20.5. The lowest BCUT2D eigenvalue weighted by molar-refractivity contribution is 0.177. The minimum Gasteiger partial charge on any atom is -0.356 e. The molecule has 3 heteroatoms. The van der Waals surface area contributed by atoms with Gasteiger partial charge in [-0.3, -0.25) is 0 Å². The minimum absolute atomic E-state index is 0.0695. The van der Waals surface area contributed by atoms with E-state index in [2.05, 4.69) is 158 Å². The van der Waals surface area contributed by atoms with Crippen molar-refractivity contribution in [3.63, 3.8) is 0 Å². The Hall–Kier alpha value is -4.24. The van der Waals surface area contributed by atoms with E-state index >= 15 is 0 Å². The molecule has 3 aromatic carbocycles. The largest absolute Gasteiger partial charge is 0.356 e. The van der Waals surface area contributed by atoms with Gasteiger partial charge in [-0.25, -0.2) is 0 Å². The predicted molar refractivity (Wildman–Crippen MR) is 179 cm³/mol. The van der Waals surface area contributed by atoms with Crippen LogP contribution in [0.4, 0.5) is 11.4 Å². The van der Waals surface area contributed by atoms with E-state index in [4.69, 9.17) is 0 Å². The first-order chi connectivity index (χ1) is 20.4. The van der Waals surface area contributed by atoms with Gasteiger partial charge >= 0.3 is 0 Å². The van der Waals surface area contributed by atoms with Gasteiger partial charge in [-0.15, -0.1) is 0 Å². The van der Waals surface area contributed by atoms with E-state index in [0.29, 0.717) is 17.9 Å². The number of nitrogens with zero attached hydrogens (tertiary/aromatic N) is 3. The lowest BCUT2D eigenvalue weighted by Crippen LogP contribution is -2.55. The van der Waals surface area contributed by atoms with Crippen molar-refractivity contribution in [1.29, 1.82) is 0 Å². The summed E-state index contributed by atoms with van der Waals surface area (Å²) in [6.45, 7) is 11.2. The molecular weight excluding hydrogens is 510 g/mol. The molecule has 3 aromatic rings. The Balaban J connectivity index is 1.30. The summed E-state index contributed by atoms with van der Waals surface area (Å²) in [5.74, 6) is 0.842. The van der Waals surface area contributed by atoms with E-state index in [-0.39, 0.29) is 5.66 Å². The number of para-hydroxylation sites is 2. The number of allylic oxidation sites excluding steroid dienone is 5. The molecule has 3 unspecified atom stereocenters. The Labute approximate surface area is 252 Å². The molecule has 0 spiro atoms. The molecular formula is C39H43N3. The maximum absolute atomic E-state index is 4.37. The molecule has 3 aliphatic heterocycles. The van der Waals surface area contributed by atoms with Crippen molar-refractivity contribution < 1.29 is 0 Å². The molecule has 3 nitrogen and oxygen atoms in total. The molecule has 0 bridgehead atoms. The summed E-state index contributed by atoms with van der Waals surface area (Å²) in [6, 6.07) is 27.1. The average Bonchev–Trinajstić information content (AvgIpc) is 3.54. The van der Waals surface area contributed by atoms with Crippen LogP contribution >= 0.6 is 0 Å². The zero-order valence-corrected chi connectivity index (χ0v) is 25.4. The van der Waals surface area contributed by atoms with E-state index in [1.165, 1.54) is 33.6 Å². The second kappa shape index (κ2) is 11.6. The molecule has 4 atom stereocenters. The van der Waals surface area contributed by atoms with E-state index in [9.17, 15) is 0 Å². The highest BCUT2D eigenvalue weighted by Crippen LogP contribution is 2.52.